The molecule has 0 bridgehead atoms. The lowest BCUT2D eigenvalue weighted by Gasteiger charge is -2.07. The van der Waals surface area contributed by atoms with E-state index < -0.39 is 5.76 Å². The second-order valence-electron chi connectivity index (χ2n) is 4.97. The summed E-state index contributed by atoms with van der Waals surface area (Å²) in [7, 11) is 1.64. The maximum atomic E-state index is 11.8. The molecule has 0 saturated carbocycles. The van der Waals surface area contributed by atoms with E-state index in [-0.39, 0.29) is 31.3 Å². The highest BCUT2D eigenvalue weighted by atomic mass is 35.5. The minimum atomic E-state index is -0.490. The van der Waals surface area contributed by atoms with Crippen LogP contribution in [0.25, 0.3) is 11.1 Å². The summed E-state index contributed by atoms with van der Waals surface area (Å²) in [6.07, 6.45) is 0.204. The normalized spacial score (nSPS) is 10.6. The van der Waals surface area contributed by atoms with Crippen molar-refractivity contribution < 1.29 is 13.9 Å². The number of nitrogens with one attached hydrogen (secondary N) is 2. The number of fused-ring (bicyclic) bond motifs is 1. The molecule has 1 heterocycles. The number of oxazole rings is 1. The van der Waals surface area contributed by atoms with E-state index >= 15 is 0 Å². The average molecular weight is 378 g/mol. The van der Waals surface area contributed by atoms with Crippen LogP contribution in [-0.2, 0) is 16.1 Å². The Hall–Kier alpha value is -1.54. The molecule has 24 heavy (non-hydrogen) atoms. The summed E-state index contributed by atoms with van der Waals surface area (Å²) in [5, 5.41) is 6.41. The highest BCUT2D eigenvalue weighted by Crippen LogP contribution is 2.18. The van der Waals surface area contributed by atoms with Crippen LogP contribution in [-0.4, -0.2) is 43.8 Å². The lowest BCUT2D eigenvalue weighted by atomic mass is 10.3. The first kappa shape index (κ1) is 20.5. The van der Waals surface area contributed by atoms with Gasteiger partial charge in [0.05, 0.1) is 12.1 Å². The number of carbonyl (C=O) groups is 1. The summed E-state index contributed by atoms with van der Waals surface area (Å²) in [5.41, 5.74) is 1.05. The number of rotatable bonds is 9. The summed E-state index contributed by atoms with van der Waals surface area (Å²) in [4.78, 5) is 23.6. The van der Waals surface area contributed by atoms with Gasteiger partial charge in [0.1, 0.15) is 0 Å². The molecule has 0 unspecified atom stereocenters. The minimum absolute atomic E-state index is 0. The summed E-state index contributed by atoms with van der Waals surface area (Å²) < 4.78 is 11.5. The summed E-state index contributed by atoms with van der Waals surface area (Å²) in [6, 6.07) is 4.97. The third kappa shape index (κ3) is 5.83. The van der Waals surface area contributed by atoms with Crippen molar-refractivity contribution in [3.8, 4) is 0 Å². The number of methoxy groups -OCH3 is 1. The molecule has 0 aliphatic rings. The minimum Gasteiger partial charge on any atom is -0.408 e. The molecule has 7 nitrogen and oxygen atoms in total. The quantitative estimate of drug-likeness (QED) is 0.645. The van der Waals surface area contributed by atoms with E-state index in [0.717, 1.165) is 6.54 Å². The van der Waals surface area contributed by atoms with Crippen LogP contribution < -0.4 is 16.4 Å². The van der Waals surface area contributed by atoms with Crippen molar-refractivity contribution in [1.82, 2.24) is 15.2 Å². The van der Waals surface area contributed by atoms with Crippen molar-refractivity contribution in [2.45, 2.75) is 13.0 Å². The van der Waals surface area contributed by atoms with Crippen LogP contribution in [0.2, 0.25) is 5.02 Å². The van der Waals surface area contributed by atoms with Gasteiger partial charge in [0, 0.05) is 50.8 Å². The number of ether oxygens (including phenoxy) is 1. The van der Waals surface area contributed by atoms with E-state index in [9.17, 15) is 9.59 Å². The number of benzene rings is 1. The third-order valence-corrected chi connectivity index (χ3v) is 3.53. The maximum absolute atomic E-state index is 11.8. The molecule has 0 radical (unpaired) electrons. The molecule has 2 N–H and O–H groups in total. The van der Waals surface area contributed by atoms with Crippen LogP contribution in [0.1, 0.15) is 6.42 Å². The molecule has 134 valence electrons. The summed E-state index contributed by atoms with van der Waals surface area (Å²) >= 11 is 5.86. The molecule has 0 fully saturated rings. The second-order valence-corrected chi connectivity index (χ2v) is 5.41. The number of amides is 1. The number of carbonyl (C=O) groups excluding carboxylic acids is 1. The Morgan fingerprint density at radius 1 is 1.33 bits per heavy atom. The lowest BCUT2D eigenvalue weighted by Crippen LogP contribution is -2.33. The first-order chi connectivity index (χ1) is 11.1. The number of halogens is 2. The molecule has 2 aromatic rings. The van der Waals surface area contributed by atoms with E-state index in [1.165, 1.54) is 4.57 Å². The van der Waals surface area contributed by atoms with Crippen LogP contribution in [0.5, 0.6) is 0 Å². The first-order valence-electron chi connectivity index (χ1n) is 7.37. The maximum Gasteiger partial charge on any atom is 0.419 e. The van der Waals surface area contributed by atoms with E-state index in [0.29, 0.717) is 35.8 Å². The molecule has 9 heteroatoms. The van der Waals surface area contributed by atoms with Crippen molar-refractivity contribution in [3.63, 3.8) is 0 Å². The second kappa shape index (κ2) is 10.4. The van der Waals surface area contributed by atoms with Gasteiger partial charge in [-0.25, -0.2) is 4.79 Å². The molecule has 1 aromatic heterocycles. The van der Waals surface area contributed by atoms with Crippen LogP contribution >= 0.6 is 24.0 Å². The monoisotopic (exact) mass is 377 g/mol. The van der Waals surface area contributed by atoms with Crippen molar-refractivity contribution in [2.24, 2.45) is 0 Å². The van der Waals surface area contributed by atoms with Gasteiger partial charge in [0.25, 0.3) is 0 Å². The fraction of sp³-hybridized carbons (Fsp3) is 0.467. The van der Waals surface area contributed by atoms with E-state index in [1.807, 2.05) is 0 Å². The van der Waals surface area contributed by atoms with Gasteiger partial charge in [0.15, 0.2) is 5.58 Å². The van der Waals surface area contributed by atoms with Crippen molar-refractivity contribution in [1.29, 1.82) is 0 Å². The van der Waals surface area contributed by atoms with Crippen molar-refractivity contribution in [3.05, 3.63) is 33.8 Å². The first-order valence-corrected chi connectivity index (χ1v) is 7.75. The fourth-order valence-electron chi connectivity index (χ4n) is 2.14. The van der Waals surface area contributed by atoms with Crippen LogP contribution in [0, 0.1) is 0 Å². The SMILES string of the molecule is COCCNCCNC(=O)CCn1c(=O)oc2cc(Cl)ccc21.Cl. The van der Waals surface area contributed by atoms with Crippen molar-refractivity contribution in [2.75, 3.05) is 33.4 Å². The van der Waals surface area contributed by atoms with Gasteiger partial charge < -0.3 is 19.8 Å². The Morgan fingerprint density at radius 3 is 2.88 bits per heavy atom. The van der Waals surface area contributed by atoms with Crippen LogP contribution in [0.4, 0.5) is 0 Å². The van der Waals surface area contributed by atoms with E-state index in [4.69, 9.17) is 20.8 Å². The van der Waals surface area contributed by atoms with Gasteiger partial charge in [-0.1, -0.05) is 11.6 Å². The zero-order valence-corrected chi connectivity index (χ0v) is 14.9. The van der Waals surface area contributed by atoms with E-state index in [2.05, 4.69) is 10.6 Å². The Bertz CT molecular complexity index is 714. The standard InChI is InChI=1S/C15H20ClN3O4.ClH/c1-22-9-7-17-5-6-18-14(20)4-8-19-12-3-2-11(16)10-13(12)23-15(19)21;/h2-3,10,17H,4-9H2,1H3,(H,18,20);1H. The lowest BCUT2D eigenvalue weighted by molar-refractivity contribution is -0.121. The number of nitrogens with zero attached hydrogens (tertiary/aromatic N) is 1. The number of aromatic nitrogens is 1. The largest absolute Gasteiger partial charge is 0.419 e. The van der Waals surface area contributed by atoms with Crippen LogP contribution in [0.15, 0.2) is 27.4 Å². The molecule has 0 aliphatic heterocycles. The number of hydrogen-bond donors (Lipinski definition) is 2. The van der Waals surface area contributed by atoms with Gasteiger partial charge in [-0.3, -0.25) is 9.36 Å². The number of hydrogen-bond acceptors (Lipinski definition) is 5. The molecule has 2 rings (SSSR count). The summed E-state index contributed by atoms with van der Waals surface area (Å²) in [5.74, 6) is -0.606. The average Bonchev–Trinajstić information content (AvgIpc) is 2.83. The molecule has 1 amide bonds. The van der Waals surface area contributed by atoms with Gasteiger partial charge in [-0.05, 0) is 12.1 Å². The van der Waals surface area contributed by atoms with Gasteiger partial charge >= 0.3 is 5.76 Å². The predicted octanol–water partition coefficient (Wildman–Crippen LogP) is 1.41. The summed E-state index contributed by atoms with van der Waals surface area (Å²) in [6.45, 7) is 2.83. The highest BCUT2D eigenvalue weighted by Gasteiger charge is 2.11. The molecule has 0 atom stereocenters. The zero-order chi connectivity index (χ0) is 16.7. The molecular weight excluding hydrogens is 357 g/mol. The fourth-order valence-corrected chi connectivity index (χ4v) is 2.31. The third-order valence-electron chi connectivity index (χ3n) is 3.30. The predicted molar refractivity (Wildman–Crippen MR) is 95.1 cm³/mol. The number of aryl methyl sites for hydroxylation is 1. The van der Waals surface area contributed by atoms with Gasteiger partial charge in [-0.15, -0.1) is 12.4 Å². The van der Waals surface area contributed by atoms with E-state index in [1.54, 1.807) is 25.3 Å². The highest BCUT2D eigenvalue weighted by molar-refractivity contribution is 6.31. The Balaban J connectivity index is 0.00000288. The molecule has 1 aromatic carbocycles. The Morgan fingerprint density at radius 2 is 2.12 bits per heavy atom. The zero-order valence-electron chi connectivity index (χ0n) is 13.3. The topological polar surface area (TPSA) is 85.5 Å². The molecule has 0 spiro atoms. The van der Waals surface area contributed by atoms with Crippen molar-refractivity contribution >= 4 is 41.0 Å². The molecule has 0 aliphatic carbocycles. The Kier molecular flexibility index (Phi) is 8.84. The van der Waals surface area contributed by atoms with Crippen LogP contribution in [0.3, 0.4) is 0 Å². The smallest absolute Gasteiger partial charge is 0.408 e. The van der Waals surface area contributed by atoms with Gasteiger partial charge in [0.2, 0.25) is 5.91 Å². The molecular formula is C15H21Cl2N3O4. The van der Waals surface area contributed by atoms with Gasteiger partial charge in [-0.2, -0.15) is 0 Å². The molecule has 0 saturated heterocycles. The Labute approximate surface area is 150 Å².